The minimum Gasteiger partial charge on any atom is -0.384 e. The minimum atomic E-state index is -0.412. The summed E-state index contributed by atoms with van der Waals surface area (Å²) in [6.45, 7) is 12.7. The van der Waals surface area contributed by atoms with Crippen LogP contribution in [0.1, 0.15) is 47.0 Å². The first-order valence-corrected chi connectivity index (χ1v) is 7.94. The van der Waals surface area contributed by atoms with Crippen LogP contribution in [-0.2, 0) is 9.53 Å². The summed E-state index contributed by atoms with van der Waals surface area (Å²) in [5.74, 6) is 0.222. The Kier molecular flexibility index (Phi) is 6.96. The molecule has 0 N–H and O–H groups in total. The van der Waals surface area contributed by atoms with Gasteiger partial charge in [0.05, 0.1) is 12.0 Å². The summed E-state index contributed by atoms with van der Waals surface area (Å²) in [7, 11) is 1.66. The van der Waals surface area contributed by atoms with E-state index in [9.17, 15) is 4.79 Å². The van der Waals surface area contributed by atoms with Gasteiger partial charge in [0.15, 0.2) is 0 Å². The summed E-state index contributed by atoms with van der Waals surface area (Å²) in [6, 6.07) is 0.638. The van der Waals surface area contributed by atoms with E-state index >= 15 is 0 Å². The third-order valence-corrected chi connectivity index (χ3v) is 4.28. The fourth-order valence-electron chi connectivity index (χ4n) is 2.90. The number of piperazine rings is 1. The van der Waals surface area contributed by atoms with Gasteiger partial charge in [0, 0.05) is 39.3 Å². The van der Waals surface area contributed by atoms with E-state index in [0.29, 0.717) is 12.6 Å². The molecule has 4 heteroatoms. The maximum absolute atomic E-state index is 12.5. The Balaban J connectivity index is 2.43. The van der Waals surface area contributed by atoms with Gasteiger partial charge in [-0.3, -0.25) is 9.69 Å². The molecule has 20 heavy (non-hydrogen) atoms. The van der Waals surface area contributed by atoms with Crippen molar-refractivity contribution in [3.8, 4) is 0 Å². The smallest absolute Gasteiger partial charge is 0.230 e. The zero-order valence-corrected chi connectivity index (χ0v) is 13.9. The van der Waals surface area contributed by atoms with Crippen molar-refractivity contribution in [1.82, 2.24) is 9.80 Å². The van der Waals surface area contributed by atoms with Crippen molar-refractivity contribution in [1.29, 1.82) is 0 Å². The molecular weight excluding hydrogens is 252 g/mol. The van der Waals surface area contributed by atoms with Crippen LogP contribution in [0.4, 0.5) is 0 Å². The number of carbonyl (C=O) groups excluding carboxylic acids is 1. The normalized spacial score (nSPS) is 19.1. The fourth-order valence-corrected chi connectivity index (χ4v) is 2.90. The van der Waals surface area contributed by atoms with Gasteiger partial charge in [-0.15, -0.1) is 0 Å². The lowest BCUT2D eigenvalue weighted by Gasteiger charge is -2.40. The van der Waals surface area contributed by atoms with Crippen LogP contribution in [0, 0.1) is 5.41 Å². The quantitative estimate of drug-likeness (QED) is 0.719. The van der Waals surface area contributed by atoms with Gasteiger partial charge >= 0.3 is 0 Å². The summed E-state index contributed by atoms with van der Waals surface area (Å²) in [5.41, 5.74) is -0.412. The lowest BCUT2D eigenvalue weighted by atomic mass is 9.92. The van der Waals surface area contributed by atoms with E-state index in [0.717, 1.165) is 26.2 Å². The first-order chi connectivity index (χ1) is 9.42. The largest absolute Gasteiger partial charge is 0.384 e. The number of amides is 1. The van der Waals surface area contributed by atoms with Gasteiger partial charge in [-0.25, -0.2) is 0 Å². The van der Waals surface area contributed by atoms with Crippen LogP contribution < -0.4 is 0 Å². The number of nitrogens with zero attached hydrogens (tertiary/aromatic N) is 2. The molecule has 1 amide bonds. The van der Waals surface area contributed by atoms with Gasteiger partial charge in [0.1, 0.15) is 0 Å². The summed E-state index contributed by atoms with van der Waals surface area (Å²) >= 11 is 0. The number of methoxy groups -OCH3 is 1. The van der Waals surface area contributed by atoms with Gasteiger partial charge in [0.2, 0.25) is 5.91 Å². The van der Waals surface area contributed by atoms with Gasteiger partial charge < -0.3 is 9.64 Å². The Morgan fingerprint density at radius 1 is 1.25 bits per heavy atom. The van der Waals surface area contributed by atoms with Crippen LogP contribution in [-0.4, -0.2) is 61.6 Å². The number of hydrogen-bond acceptors (Lipinski definition) is 3. The highest BCUT2D eigenvalue weighted by Gasteiger charge is 2.34. The SMILES string of the molecule is CCCCC(C)N1CCN(C(=O)C(C)(C)COC)CC1. The van der Waals surface area contributed by atoms with Crippen LogP contribution in [0.5, 0.6) is 0 Å². The summed E-state index contributed by atoms with van der Waals surface area (Å²) in [5, 5.41) is 0. The first-order valence-electron chi connectivity index (χ1n) is 7.94. The molecule has 0 aliphatic carbocycles. The molecule has 1 atom stereocenters. The Morgan fingerprint density at radius 3 is 2.35 bits per heavy atom. The summed E-state index contributed by atoms with van der Waals surface area (Å²) < 4.78 is 5.16. The fraction of sp³-hybridized carbons (Fsp3) is 0.938. The number of rotatable bonds is 7. The van der Waals surface area contributed by atoms with E-state index in [-0.39, 0.29) is 5.91 Å². The van der Waals surface area contributed by atoms with Crippen LogP contribution >= 0.6 is 0 Å². The van der Waals surface area contributed by atoms with E-state index < -0.39 is 5.41 Å². The number of carbonyl (C=O) groups is 1. The molecule has 1 aliphatic heterocycles. The molecule has 0 radical (unpaired) electrons. The Bertz CT molecular complexity index is 297. The molecule has 118 valence electrons. The second-order valence-corrected chi connectivity index (χ2v) is 6.64. The molecule has 1 aliphatic rings. The molecule has 0 saturated carbocycles. The topological polar surface area (TPSA) is 32.8 Å². The molecule has 1 fully saturated rings. The highest BCUT2D eigenvalue weighted by molar-refractivity contribution is 5.82. The predicted octanol–water partition coefficient (Wildman–Crippen LogP) is 2.38. The lowest BCUT2D eigenvalue weighted by Crippen LogP contribution is -2.54. The summed E-state index contributed by atoms with van der Waals surface area (Å²) in [4.78, 5) is 17.0. The van der Waals surface area contributed by atoms with Crippen molar-refractivity contribution in [2.45, 2.75) is 53.0 Å². The Morgan fingerprint density at radius 2 is 1.85 bits per heavy atom. The summed E-state index contributed by atoms with van der Waals surface area (Å²) in [6.07, 6.45) is 3.81. The monoisotopic (exact) mass is 284 g/mol. The van der Waals surface area contributed by atoms with E-state index in [4.69, 9.17) is 4.74 Å². The molecule has 1 saturated heterocycles. The van der Waals surface area contributed by atoms with Crippen LogP contribution in [0.3, 0.4) is 0 Å². The Labute approximate surface area is 124 Å². The Hall–Kier alpha value is -0.610. The third-order valence-electron chi connectivity index (χ3n) is 4.28. The van der Waals surface area contributed by atoms with Crippen molar-refractivity contribution in [2.75, 3.05) is 39.9 Å². The van der Waals surface area contributed by atoms with E-state index in [1.54, 1.807) is 7.11 Å². The molecule has 0 bridgehead atoms. The molecule has 4 nitrogen and oxygen atoms in total. The van der Waals surface area contributed by atoms with Crippen molar-refractivity contribution in [3.05, 3.63) is 0 Å². The van der Waals surface area contributed by atoms with Gasteiger partial charge in [-0.2, -0.15) is 0 Å². The maximum Gasteiger partial charge on any atom is 0.230 e. The molecule has 0 aromatic carbocycles. The zero-order valence-electron chi connectivity index (χ0n) is 13.9. The van der Waals surface area contributed by atoms with Crippen molar-refractivity contribution in [3.63, 3.8) is 0 Å². The zero-order chi connectivity index (χ0) is 15.2. The predicted molar refractivity (Wildman–Crippen MR) is 82.8 cm³/mol. The van der Waals surface area contributed by atoms with Crippen LogP contribution in [0.15, 0.2) is 0 Å². The number of unbranched alkanes of at least 4 members (excludes halogenated alkanes) is 1. The van der Waals surface area contributed by atoms with Crippen molar-refractivity contribution >= 4 is 5.91 Å². The van der Waals surface area contributed by atoms with E-state index in [2.05, 4.69) is 18.7 Å². The first kappa shape index (κ1) is 17.4. The molecule has 1 unspecified atom stereocenters. The standard InChI is InChI=1S/C16H32N2O2/c1-6-7-8-14(2)17-9-11-18(12-10-17)15(19)16(3,4)13-20-5/h14H,6-13H2,1-5H3. The molecular formula is C16H32N2O2. The molecule has 1 rings (SSSR count). The molecule has 0 spiro atoms. The number of hydrogen-bond donors (Lipinski definition) is 0. The molecule has 0 aromatic heterocycles. The number of ether oxygens (including phenoxy) is 1. The van der Waals surface area contributed by atoms with E-state index in [1.807, 2.05) is 18.7 Å². The maximum atomic E-state index is 12.5. The second kappa shape index (κ2) is 7.99. The van der Waals surface area contributed by atoms with Crippen molar-refractivity contribution in [2.24, 2.45) is 5.41 Å². The van der Waals surface area contributed by atoms with Gasteiger partial charge in [-0.1, -0.05) is 19.8 Å². The average molecular weight is 284 g/mol. The highest BCUT2D eigenvalue weighted by Crippen LogP contribution is 2.21. The highest BCUT2D eigenvalue weighted by atomic mass is 16.5. The second-order valence-electron chi connectivity index (χ2n) is 6.64. The van der Waals surface area contributed by atoms with Crippen LogP contribution in [0.2, 0.25) is 0 Å². The van der Waals surface area contributed by atoms with Crippen LogP contribution in [0.25, 0.3) is 0 Å². The molecule has 0 aromatic rings. The lowest BCUT2D eigenvalue weighted by molar-refractivity contribution is -0.145. The third kappa shape index (κ3) is 4.74. The minimum absolute atomic E-state index is 0.222. The average Bonchev–Trinajstić information content (AvgIpc) is 2.44. The van der Waals surface area contributed by atoms with Gasteiger partial charge in [0.25, 0.3) is 0 Å². The van der Waals surface area contributed by atoms with Crippen molar-refractivity contribution < 1.29 is 9.53 Å². The molecule has 1 heterocycles. The van der Waals surface area contributed by atoms with Gasteiger partial charge in [-0.05, 0) is 27.2 Å². The van der Waals surface area contributed by atoms with E-state index in [1.165, 1.54) is 19.3 Å².